The first-order chi connectivity index (χ1) is 4.83. The highest BCUT2D eigenvalue weighted by Crippen LogP contribution is 2.21. The van der Waals surface area contributed by atoms with Crippen LogP contribution in [0.2, 0.25) is 0 Å². The lowest BCUT2D eigenvalue weighted by Crippen LogP contribution is -2.10. The Morgan fingerprint density at radius 3 is 2.80 bits per heavy atom. The lowest BCUT2D eigenvalue weighted by atomic mass is 10.2. The van der Waals surface area contributed by atoms with Crippen LogP contribution in [0.4, 0.5) is 0 Å². The van der Waals surface area contributed by atoms with Crippen molar-refractivity contribution in [2.24, 2.45) is 0 Å². The average molecular weight is 160 g/mol. The molecule has 0 aliphatic carbocycles. The van der Waals surface area contributed by atoms with Gasteiger partial charge in [-0.2, -0.15) is 11.8 Å². The highest BCUT2D eigenvalue weighted by atomic mass is 32.2. The third-order valence-corrected chi connectivity index (χ3v) is 2.84. The summed E-state index contributed by atoms with van der Waals surface area (Å²) in [4.78, 5) is 0. The predicted octanol–water partition coefficient (Wildman–Crippen LogP) is 2.31. The van der Waals surface area contributed by atoms with E-state index in [0.29, 0.717) is 12.2 Å². The Bertz CT molecular complexity index is 95.3. The molecule has 0 amide bonds. The normalized spacial score (nSPS) is 33.0. The van der Waals surface area contributed by atoms with Gasteiger partial charge in [-0.3, -0.25) is 0 Å². The first-order valence-corrected chi connectivity index (χ1v) is 5.21. The summed E-state index contributed by atoms with van der Waals surface area (Å²) in [6.07, 6.45) is 3.60. The molecule has 0 N–H and O–H groups in total. The molecule has 60 valence electrons. The molecule has 1 aliphatic heterocycles. The van der Waals surface area contributed by atoms with Gasteiger partial charge < -0.3 is 4.74 Å². The Labute approximate surface area is 67.5 Å². The lowest BCUT2D eigenvalue weighted by Gasteiger charge is -2.08. The molecule has 1 nitrogen and oxygen atoms in total. The van der Waals surface area contributed by atoms with Gasteiger partial charge in [-0.25, -0.2) is 0 Å². The van der Waals surface area contributed by atoms with Gasteiger partial charge >= 0.3 is 0 Å². The van der Waals surface area contributed by atoms with Gasteiger partial charge in [-0.05, 0) is 25.5 Å². The van der Waals surface area contributed by atoms with Gasteiger partial charge in [-0.15, -0.1) is 0 Å². The Hall–Kier alpha value is 0.310. The summed E-state index contributed by atoms with van der Waals surface area (Å²) in [6, 6.07) is 0. The molecule has 1 heterocycles. The molecule has 0 aromatic heterocycles. The van der Waals surface area contributed by atoms with Gasteiger partial charge in [-0.1, -0.05) is 6.92 Å². The van der Waals surface area contributed by atoms with E-state index in [1.165, 1.54) is 24.3 Å². The molecule has 1 rings (SSSR count). The SMILES string of the molecule is CCSCC1CCC(C)O1. The van der Waals surface area contributed by atoms with E-state index in [0.717, 1.165) is 0 Å². The highest BCUT2D eigenvalue weighted by Gasteiger charge is 2.20. The minimum absolute atomic E-state index is 0.516. The summed E-state index contributed by atoms with van der Waals surface area (Å²) < 4.78 is 5.64. The van der Waals surface area contributed by atoms with Crippen LogP contribution in [0.1, 0.15) is 26.7 Å². The molecule has 0 bridgehead atoms. The zero-order chi connectivity index (χ0) is 7.40. The third kappa shape index (κ3) is 2.51. The van der Waals surface area contributed by atoms with E-state index in [1.54, 1.807) is 0 Å². The minimum atomic E-state index is 0.516. The van der Waals surface area contributed by atoms with Crippen molar-refractivity contribution in [3.8, 4) is 0 Å². The van der Waals surface area contributed by atoms with Gasteiger partial charge in [0.15, 0.2) is 0 Å². The van der Waals surface area contributed by atoms with Crippen molar-refractivity contribution in [2.45, 2.75) is 38.9 Å². The summed E-state index contributed by atoms with van der Waals surface area (Å²) in [5.74, 6) is 2.41. The molecule has 10 heavy (non-hydrogen) atoms. The number of rotatable bonds is 3. The maximum absolute atomic E-state index is 5.64. The zero-order valence-electron chi connectivity index (χ0n) is 6.80. The van der Waals surface area contributed by atoms with Crippen LogP contribution in [0.15, 0.2) is 0 Å². The maximum Gasteiger partial charge on any atom is 0.0670 e. The van der Waals surface area contributed by atoms with Crippen molar-refractivity contribution >= 4 is 11.8 Å². The number of hydrogen-bond donors (Lipinski definition) is 0. The van der Waals surface area contributed by atoms with Crippen LogP contribution in [0, 0.1) is 0 Å². The van der Waals surface area contributed by atoms with E-state index in [9.17, 15) is 0 Å². The fourth-order valence-electron chi connectivity index (χ4n) is 1.26. The minimum Gasteiger partial charge on any atom is -0.374 e. The van der Waals surface area contributed by atoms with Crippen LogP contribution in [-0.4, -0.2) is 23.7 Å². The Balaban J connectivity index is 2.06. The molecule has 2 heteroatoms. The second-order valence-corrected chi connectivity index (χ2v) is 4.12. The summed E-state index contributed by atoms with van der Waals surface area (Å²) >= 11 is 1.98. The first-order valence-electron chi connectivity index (χ1n) is 4.06. The van der Waals surface area contributed by atoms with Crippen LogP contribution in [0.3, 0.4) is 0 Å². The monoisotopic (exact) mass is 160 g/mol. The summed E-state index contributed by atoms with van der Waals surface area (Å²) in [6.45, 7) is 4.36. The van der Waals surface area contributed by atoms with E-state index in [-0.39, 0.29) is 0 Å². The van der Waals surface area contributed by atoms with Gasteiger partial charge in [0, 0.05) is 5.75 Å². The second kappa shape index (κ2) is 4.24. The molecule has 1 fully saturated rings. The maximum atomic E-state index is 5.64. The standard InChI is InChI=1S/C8H16OS/c1-3-10-6-8-5-4-7(2)9-8/h7-8H,3-6H2,1-2H3. The fraction of sp³-hybridized carbons (Fsp3) is 1.00. The molecule has 0 saturated carbocycles. The Morgan fingerprint density at radius 2 is 2.30 bits per heavy atom. The van der Waals surface area contributed by atoms with Crippen molar-refractivity contribution in [3.63, 3.8) is 0 Å². The van der Waals surface area contributed by atoms with Gasteiger partial charge in [0.25, 0.3) is 0 Å². The molecule has 0 radical (unpaired) electrons. The van der Waals surface area contributed by atoms with Crippen molar-refractivity contribution in [1.82, 2.24) is 0 Å². The van der Waals surface area contributed by atoms with Crippen molar-refractivity contribution in [3.05, 3.63) is 0 Å². The van der Waals surface area contributed by atoms with E-state index in [2.05, 4.69) is 13.8 Å². The van der Waals surface area contributed by atoms with E-state index in [1.807, 2.05) is 11.8 Å². The molecular formula is C8H16OS. The predicted molar refractivity (Wildman–Crippen MR) is 46.6 cm³/mol. The highest BCUT2D eigenvalue weighted by molar-refractivity contribution is 7.99. The molecule has 1 saturated heterocycles. The van der Waals surface area contributed by atoms with Gasteiger partial charge in [0.2, 0.25) is 0 Å². The van der Waals surface area contributed by atoms with Crippen molar-refractivity contribution < 1.29 is 4.74 Å². The van der Waals surface area contributed by atoms with Crippen LogP contribution < -0.4 is 0 Å². The molecule has 0 aromatic carbocycles. The molecule has 1 aliphatic rings. The molecule has 2 atom stereocenters. The Morgan fingerprint density at radius 1 is 1.50 bits per heavy atom. The smallest absolute Gasteiger partial charge is 0.0670 e. The van der Waals surface area contributed by atoms with E-state index in [4.69, 9.17) is 4.74 Å². The van der Waals surface area contributed by atoms with Crippen LogP contribution in [0.5, 0.6) is 0 Å². The number of hydrogen-bond acceptors (Lipinski definition) is 2. The molecule has 0 aromatic rings. The molecule has 2 unspecified atom stereocenters. The third-order valence-electron chi connectivity index (χ3n) is 1.83. The lowest BCUT2D eigenvalue weighted by molar-refractivity contribution is 0.0700. The largest absolute Gasteiger partial charge is 0.374 e. The molecular weight excluding hydrogens is 144 g/mol. The van der Waals surface area contributed by atoms with Crippen molar-refractivity contribution in [1.29, 1.82) is 0 Å². The van der Waals surface area contributed by atoms with Crippen LogP contribution in [0.25, 0.3) is 0 Å². The average Bonchev–Trinajstić information content (AvgIpc) is 2.31. The molecule has 0 spiro atoms. The van der Waals surface area contributed by atoms with E-state index < -0.39 is 0 Å². The zero-order valence-corrected chi connectivity index (χ0v) is 7.62. The summed E-state index contributed by atoms with van der Waals surface area (Å²) in [5.41, 5.74) is 0. The number of thioether (sulfide) groups is 1. The fourth-order valence-corrected chi connectivity index (χ4v) is 2.00. The van der Waals surface area contributed by atoms with Gasteiger partial charge in [0.1, 0.15) is 0 Å². The number of ether oxygens (including phenoxy) is 1. The second-order valence-electron chi connectivity index (χ2n) is 2.81. The van der Waals surface area contributed by atoms with Crippen LogP contribution in [-0.2, 0) is 4.74 Å². The van der Waals surface area contributed by atoms with Crippen LogP contribution >= 0.6 is 11.8 Å². The first kappa shape index (κ1) is 8.41. The van der Waals surface area contributed by atoms with Gasteiger partial charge in [0.05, 0.1) is 12.2 Å². The summed E-state index contributed by atoms with van der Waals surface area (Å²) in [7, 11) is 0. The topological polar surface area (TPSA) is 9.23 Å². The Kier molecular flexibility index (Phi) is 3.57. The van der Waals surface area contributed by atoms with E-state index >= 15 is 0 Å². The quantitative estimate of drug-likeness (QED) is 0.626. The summed E-state index contributed by atoms with van der Waals surface area (Å²) in [5, 5.41) is 0. The van der Waals surface area contributed by atoms with Crippen molar-refractivity contribution in [2.75, 3.05) is 11.5 Å².